The van der Waals surface area contributed by atoms with Gasteiger partial charge in [-0.05, 0) is 25.2 Å². The molecule has 2 N–H and O–H groups in total. The Hall–Kier alpha value is -0.130. The van der Waals surface area contributed by atoms with Gasteiger partial charge in [0.05, 0.1) is 5.75 Å². The standard InChI is InChI=1S/C10H21NO3S/c12-7-4-8-15(13,14)11-9-10-5-2-1-3-6-10/h10-12H,1-9H2. The molecule has 0 unspecified atom stereocenters. The highest BCUT2D eigenvalue weighted by molar-refractivity contribution is 7.89. The molecular formula is C10H21NO3S. The van der Waals surface area contributed by atoms with Gasteiger partial charge in [0.25, 0.3) is 0 Å². The molecule has 4 nitrogen and oxygen atoms in total. The Bertz CT molecular complexity index is 258. The van der Waals surface area contributed by atoms with Crippen molar-refractivity contribution in [1.82, 2.24) is 4.72 Å². The number of sulfonamides is 1. The first kappa shape index (κ1) is 12.9. The van der Waals surface area contributed by atoms with E-state index < -0.39 is 10.0 Å². The van der Waals surface area contributed by atoms with E-state index in [-0.39, 0.29) is 12.4 Å². The van der Waals surface area contributed by atoms with E-state index in [1.807, 2.05) is 0 Å². The highest BCUT2D eigenvalue weighted by Crippen LogP contribution is 2.22. The summed E-state index contributed by atoms with van der Waals surface area (Å²) < 4.78 is 25.4. The second kappa shape index (κ2) is 6.45. The van der Waals surface area contributed by atoms with Gasteiger partial charge in [-0.3, -0.25) is 0 Å². The maximum absolute atomic E-state index is 11.4. The highest BCUT2D eigenvalue weighted by Gasteiger charge is 2.16. The Morgan fingerprint density at radius 3 is 2.47 bits per heavy atom. The lowest BCUT2D eigenvalue weighted by Crippen LogP contribution is -2.32. The van der Waals surface area contributed by atoms with Crippen LogP contribution in [0.4, 0.5) is 0 Å². The third-order valence-electron chi connectivity index (χ3n) is 2.89. The van der Waals surface area contributed by atoms with Crippen molar-refractivity contribution in [1.29, 1.82) is 0 Å². The molecule has 0 heterocycles. The summed E-state index contributed by atoms with van der Waals surface area (Å²) in [4.78, 5) is 0. The largest absolute Gasteiger partial charge is 0.396 e. The number of aliphatic hydroxyl groups is 1. The van der Waals surface area contributed by atoms with Crippen molar-refractivity contribution in [2.45, 2.75) is 38.5 Å². The molecule has 0 amide bonds. The van der Waals surface area contributed by atoms with Crippen LogP contribution in [0.3, 0.4) is 0 Å². The number of nitrogens with one attached hydrogen (secondary N) is 1. The molecule has 1 fully saturated rings. The van der Waals surface area contributed by atoms with Crippen molar-refractivity contribution in [3.63, 3.8) is 0 Å². The summed E-state index contributed by atoms with van der Waals surface area (Å²) in [6.07, 6.45) is 6.34. The molecule has 0 aliphatic heterocycles. The molecule has 0 spiro atoms. The Morgan fingerprint density at radius 2 is 1.87 bits per heavy atom. The highest BCUT2D eigenvalue weighted by atomic mass is 32.2. The monoisotopic (exact) mass is 235 g/mol. The predicted molar refractivity (Wildman–Crippen MR) is 60.1 cm³/mol. The van der Waals surface area contributed by atoms with Crippen LogP contribution in [0.2, 0.25) is 0 Å². The summed E-state index contributed by atoms with van der Waals surface area (Å²) in [7, 11) is -3.15. The third-order valence-corrected chi connectivity index (χ3v) is 4.32. The van der Waals surface area contributed by atoms with Crippen molar-refractivity contribution in [2.75, 3.05) is 18.9 Å². The van der Waals surface area contributed by atoms with E-state index in [1.165, 1.54) is 19.3 Å². The van der Waals surface area contributed by atoms with Gasteiger partial charge in [0.2, 0.25) is 10.0 Å². The molecule has 5 heteroatoms. The first-order chi connectivity index (χ1) is 7.14. The first-order valence-electron chi connectivity index (χ1n) is 5.72. The lowest BCUT2D eigenvalue weighted by atomic mass is 9.90. The molecule has 0 aromatic heterocycles. The first-order valence-corrected chi connectivity index (χ1v) is 7.37. The van der Waals surface area contributed by atoms with E-state index in [4.69, 9.17) is 5.11 Å². The molecule has 1 aliphatic rings. The molecule has 0 saturated heterocycles. The maximum Gasteiger partial charge on any atom is 0.211 e. The Morgan fingerprint density at radius 1 is 1.20 bits per heavy atom. The molecular weight excluding hydrogens is 214 g/mol. The fourth-order valence-corrected chi connectivity index (χ4v) is 3.11. The summed E-state index contributed by atoms with van der Waals surface area (Å²) in [5.41, 5.74) is 0. The van der Waals surface area contributed by atoms with Crippen LogP contribution in [-0.2, 0) is 10.0 Å². The molecule has 0 aromatic rings. The molecule has 1 rings (SSSR count). The van der Waals surface area contributed by atoms with Crippen molar-refractivity contribution >= 4 is 10.0 Å². The Labute approximate surface area is 92.1 Å². The molecule has 0 bridgehead atoms. The minimum atomic E-state index is -3.15. The fourth-order valence-electron chi connectivity index (χ4n) is 1.96. The van der Waals surface area contributed by atoms with Crippen molar-refractivity contribution in [3.05, 3.63) is 0 Å². The quantitative estimate of drug-likeness (QED) is 0.718. The average molecular weight is 235 g/mol. The molecule has 0 radical (unpaired) electrons. The number of aliphatic hydroxyl groups excluding tert-OH is 1. The van der Waals surface area contributed by atoms with Gasteiger partial charge in [-0.25, -0.2) is 13.1 Å². The summed E-state index contributed by atoms with van der Waals surface area (Å²) in [5.74, 6) is 0.554. The van der Waals surface area contributed by atoms with Crippen LogP contribution in [0.5, 0.6) is 0 Å². The summed E-state index contributed by atoms with van der Waals surface area (Å²) in [6, 6.07) is 0. The minimum Gasteiger partial charge on any atom is -0.396 e. The number of rotatable bonds is 6. The van der Waals surface area contributed by atoms with E-state index in [1.54, 1.807) is 0 Å². The van der Waals surface area contributed by atoms with Gasteiger partial charge >= 0.3 is 0 Å². The second-order valence-electron chi connectivity index (χ2n) is 4.25. The van der Waals surface area contributed by atoms with E-state index in [0.29, 0.717) is 18.9 Å². The van der Waals surface area contributed by atoms with Crippen molar-refractivity contribution in [2.24, 2.45) is 5.92 Å². The van der Waals surface area contributed by atoms with Gasteiger partial charge < -0.3 is 5.11 Å². The minimum absolute atomic E-state index is 0.0379. The summed E-state index contributed by atoms with van der Waals surface area (Å²) in [6.45, 7) is 0.512. The van der Waals surface area contributed by atoms with Crippen molar-refractivity contribution in [3.8, 4) is 0 Å². The third kappa shape index (κ3) is 5.49. The Balaban J connectivity index is 2.22. The topological polar surface area (TPSA) is 66.4 Å². The van der Waals surface area contributed by atoms with Crippen LogP contribution in [-0.4, -0.2) is 32.4 Å². The van der Waals surface area contributed by atoms with Gasteiger partial charge in [-0.15, -0.1) is 0 Å². The normalized spacial score (nSPS) is 19.3. The van der Waals surface area contributed by atoms with Crippen LogP contribution in [0.15, 0.2) is 0 Å². The predicted octanol–water partition coefficient (Wildman–Crippen LogP) is 0.868. The van der Waals surface area contributed by atoms with Gasteiger partial charge in [0.1, 0.15) is 0 Å². The Kier molecular flexibility index (Phi) is 5.56. The van der Waals surface area contributed by atoms with Gasteiger partial charge in [0.15, 0.2) is 0 Å². The zero-order valence-corrected chi connectivity index (χ0v) is 9.93. The van der Waals surface area contributed by atoms with Crippen LogP contribution in [0.25, 0.3) is 0 Å². The smallest absolute Gasteiger partial charge is 0.211 e. The van der Waals surface area contributed by atoms with Gasteiger partial charge in [-0.2, -0.15) is 0 Å². The molecule has 90 valence electrons. The second-order valence-corrected chi connectivity index (χ2v) is 6.17. The maximum atomic E-state index is 11.4. The van der Waals surface area contributed by atoms with E-state index in [0.717, 1.165) is 12.8 Å². The number of hydrogen-bond donors (Lipinski definition) is 2. The molecule has 0 aromatic carbocycles. The SMILES string of the molecule is O=S(=O)(CCCO)NCC1CCCCC1. The lowest BCUT2D eigenvalue weighted by Gasteiger charge is -2.21. The summed E-state index contributed by atoms with van der Waals surface area (Å²) in [5, 5.41) is 8.55. The van der Waals surface area contributed by atoms with Crippen molar-refractivity contribution < 1.29 is 13.5 Å². The summed E-state index contributed by atoms with van der Waals surface area (Å²) >= 11 is 0. The molecule has 0 atom stereocenters. The zero-order valence-electron chi connectivity index (χ0n) is 9.11. The van der Waals surface area contributed by atoms with Gasteiger partial charge in [-0.1, -0.05) is 19.3 Å². The van der Waals surface area contributed by atoms with Crippen LogP contribution in [0.1, 0.15) is 38.5 Å². The molecule has 15 heavy (non-hydrogen) atoms. The van der Waals surface area contributed by atoms with Crippen LogP contribution >= 0.6 is 0 Å². The van der Waals surface area contributed by atoms with E-state index >= 15 is 0 Å². The lowest BCUT2D eigenvalue weighted by molar-refractivity contribution is 0.295. The van der Waals surface area contributed by atoms with Crippen LogP contribution < -0.4 is 4.72 Å². The molecule has 1 saturated carbocycles. The average Bonchev–Trinajstić information content (AvgIpc) is 2.25. The van der Waals surface area contributed by atoms with E-state index in [2.05, 4.69) is 4.72 Å². The van der Waals surface area contributed by atoms with E-state index in [9.17, 15) is 8.42 Å². The number of hydrogen-bond acceptors (Lipinski definition) is 3. The zero-order chi connectivity index (χ0) is 11.1. The van der Waals surface area contributed by atoms with Crippen LogP contribution in [0, 0.1) is 5.92 Å². The van der Waals surface area contributed by atoms with Gasteiger partial charge in [0, 0.05) is 13.2 Å². The molecule has 1 aliphatic carbocycles. The fraction of sp³-hybridized carbons (Fsp3) is 1.00.